The number of rotatable bonds is 10. The molecule has 1 saturated carbocycles. The third-order valence-corrected chi connectivity index (χ3v) is 4.41. The van der Waals surface area contributed by atoms with Crippen molar-refractivity contribution in [3.63, 3.8) is 0 Å². The summed E-state index contributed by atoms with van der Waals surface area (Å²) in [6.45, 7) is 2.65. The molecule has 1 aromatic rings. The van der Waals surface area contributed by atoms with Crippen LogP contribution >= 0.6 is 0 Å². The lowest BCUT2D eigenvalue weighted by Gasteiger charge is -2.25. The van der Waals surface area contributed by atoms with Gasteiger partial charge in [0.05, 0.1) is 17.7 Å². The van der Waals surface area contributed by atoms with Gasteiger partial charge in [-0.2, -0.15) is 0 Å². The van der Waals surface area contributed by atoms with Crippen molar-refractivity contribution >= 4 is 11.9 Å². The number of carbonyl (C=O) groups is 2. The molecule has 0 aliphatic heterocycles. The summed E-state index contributed by atoms with van der Waals surface area (Å²) in [4.78, 5) is 23.9. The van der Waals surface area contributed by atoms with Gasteiger partial charge in [-0.3, -0.25) is 0 Å². The molecule has 24 heavy (non-hydrogen) atoms. The number of ether oxygens (including phenoxy) is 2. The molecule has 0 spiro atoms. The Labute approximate surface area is 144 Å². The summed E-state index contributed by atoms with van der Waals surface area (Å²) in [5.41, 5.74) is 0.954. The molecule has 2 rings (SSSR count). The molecule has 0 amide bonds. The van der Waals surface area contributed by atoms with E-state index in [0.29, 0.717) is 17.7 Å². The van der Waals surface area contributed by atoms with E-state index in [1.54, 1.807) is 24.3 Å². The molecule has 1 aromatic carbocycles. The minimum absolute atomic E-state index is 0.0690. The summed E-state index contributed by atoms with van der Waals surface area (Å²) < 4.78 is 10.6. The van der Waals surface area contributed by atoms with Gasteiger partial charge in [0, 0.05) is 0 Å². The topological polar surface area (TPSA) is 52.6 Å². The Morgan fingerprint density at radius 2 is 1.50 bits per heavy atom. The standard InChI is InChI=1S/C20H28O4/c1-2-3-4-5-6-7-15-23-19(21)16-11-13-17(14-12-16)20(22)24-18-9-8-10-18/h11-14,18H,2-10,15H2,1H3. The highest BCUT2D eigenvalue weighted by molar-refractivity contribution is 5.93. The van der Waals surface area contributed by atoms with Gasteiger partial charge in [0.15, 0.2) is 0 Å². The van der Waals surface area contributed by atoms with E-state index in [1.165, 1.54) is 25.7 Å². The highest BCUT2D eigenvalue weighted by Crippen LogP contribution is 2.23. The average molecular weight is 332 g/mol. The first kappa shape index (κ1) is 18.5. The van der Waals surface area contributed by atoms with Gasteiger partial charge in [-0.15, -0.1) is 0 Å². The monoisotopic (exact) mass is 332 g/mol. The normalized spacial score (nSPS) is 14.0. The van der Waals surface area contributed by atoms with Crippen molar-refractivity contribution < 1.29 is 19.1 Å². The Kier molecular flexibility index (Phi) is 7.80. The van der Waals surface area contributed by atoms with Crippen molar-refractivity contribution in [2.75, 3.05) is 6.61 Å². The molecule has 4 heteroatoms. The van der Waals surface area contributed by atoms with E-state index in [4.69, 9.17) is 9.47 Å². The van der Waals surface area contributed by atoms with E-state index >= 15 is 0 Å². The SMILES string of the molecule is CCCCCCCCOC(=O)c1ccc(C(=O)OC2CCC2)cc1. The number of unbranched alkanes of at least 4 members (excludes halogenated alkanes) is 5. The maximum Gasteiger partial charge on any atom is 0.338 e. The second kappa shape index (κ2) is 10.1. The molecule has 1 aliphatic carbocycles. The Bertz CT molecular complexity index is 517. The lowest BCUT2D eigenvalue weighted by molar-refractivity contribution is 0.00896. The van der Waals surface area contributed by atoms with Crippen LogP contribution in [0.3, 0.4) is 0 Å². The highest BCUT2D eigenvalue weighted by Gasteiger charge is 2.22. The van der Waals surface area contributed by atoms with Gasteiger partial charge in [-0.05, 0) is 49.9 Å². The third-order valence-electron chi connectivity index (χ3n) is 4.41. The second-order valence-electron chi connectivity index (χ2n) is 6.44. The fourth-order valence-electron chi connectivity index (χ4n) is 2.58. The number of esters is 2. The van der Waals surface area contributed by atoms with Crippen LogP contribution in [0.4, 0.5) is 0 Å². The summed E-state index contributed by atoms with van der Waals surface area (Å²) in [6.07, 6.45) is 10.1. The van der Waals surface area contributed by atoms with Crippen LogP contribution in [-0.4, -0.2) is 24.6 Å². The number of hydrogen-bond acceptors (Lipinski definition) is 4. The maximum absolute atomic E-state index is 12.0. The van der Waals surface area contributed by atoms with Crippen molar-refractivity contribution in [3.05, 3.63) is 35.4 Å². The van der Waals surface area contributed by atoms with Crippen molar-refractivity contribution in [1.82, 2.24) is 0 Å². The molecule has 4 nitrogen and oxygen atoms in total. The van der Waals surface area contributed by atoms with E-state index < -0.39 is 0 Å². The van der Waals surface area contributed by atoms with Gasteiger partial charge in [-0.1, -0.05) is 39.0 Å². The Balaban J connectivity index is 1.67. The molecule has 0 saturated heterocycles. The lowest BCUT2D eigenvalue weighted by Crippen LogP contribution is -2.25. The summed E-state index contributed by atoms with van der Waals surface area (Å²) in [5.74, 6) is -0.644. The molecule has 1 aliphatic rings. The maximum atomic E-state index is 12.0. The molecule has 1 fully saturated rings. The molecule has 0 bridgehead atoms. The first-order chi connectivity index (χ1) is 11.7. The van der Waals surface area contributed by atoms with Gasteiger partial charge in [0.2, 0.25) is 0 Å². The zero-order valence-electron chi connectivity index (χ0n) is 14.6. The van der Waals surface area contributed by atoms with Crippen molar-refractivity contribution in [2.24, 2.45) is 0 Å². The van der Waals surface area contributed by atoms with E-state index in [-0.39, 0.29) is 18.0 Å². The molecule has 0 atom stereocenters. The first-order valence-corrected chi connectivity index (χ1v) is 9.19. The predicted octanol–water partition coefficient (Wildman–Crippen LogP) is 4.91. The van der Waals surface area contributed by atoms with E-state index in [2.05, 4.69) is 6.92 Å². The fraction of sp³-hybridized carbons (Fsp3) is 0.600. The fourth-order valence-corrected chi connectivity index (χ4v) is 2.58. The molecule has 0 radical (unpaired) electrons. The van der Waals surface area contributed by atoms with Crippen molar-refractivity contribution in [1.29, 1.82) is 0 Å². The number of hydrogen-bond donors (Lipinski definition) is 0. The smallest absolute Gasteiger partial charge is 0.338 e. The van der Waals surface area contributed by atoms with E-state index in [9.17, 15) is 9.59 Å². The highest BCUT2D eigenvalue weighted by atomic mass is 16.5. The largest absolute Gasteiger partial charge is 0.462 e. The van der Waals surface area contributed by atoms with Gasteiger partial charge in [-0.25, -0.2) is 9.59 Å². The molecule has 0 heterocycles. The van der Waals surface area contributed by atoms with Crippen LogP contribution in [0.2, 0.25) is 0 Å². The predicted molar refractivity (Wildman–Crippen MR) is 93.2 cm³/mol. The van der Waals surface area contributed by atoms with Gasteiger partial charge < -0.3 is 9.47 Å². The van der Waals surface area contributed by atoms with Gasteiger partial charge >= 0.3 is 11.9 Å². The summed E-state index contributed by atoms with van der Waals surface area (Å²) in [7, 11) is 0. The Hall–Kier alpha value is -1.84. The Morgan fingerprint density at radius 1 is 0.917 bits per heavy atom. The molecular formula is C20H28O4. The zero-order chi connectivity index (χ0) is 17.2. The van der Waals surface area contributed by atoms with Gasteiger partial charge in [0.25, 0.3) is 0 Å². The minimum Gasteiger partial charge on any atom is -0.462 e. The van der Waals surface area contributed by atoms with Crippen LogP contribution in [0, 0.1) is 0 Å². The van der Waals surface area contributed by atoms with Gasteiger partial charge in [0.1, 0.15) is 6.10 Å². The van der Waals surface area contributed by atoms with Crippen LogP contribution < -0.4 is 0 Å². The molecule has 0 unspecified atom stereocenters. The summed E-state index contributed by atoms with van der Waals surface area (Å²) >= 11 is 0. The van der Waals surface area contributed by atoms with E-state index in [0.717, 1.165) is 32.1 Å². The zero-order valence-corrected chi connectivity index (χ0v) is 14.6. The number of carbonyl (C=O) groups excluding carboxylic acids is 2. The van der Waals surface area contributed by atoms with Crippen LogP contribution in [0.5, 0.6) is 0 Å². The molecule has 0 N–H and O–H groups in total. The summed E-state index contributed by atoms with van der Waals surface area (Å²) in [6, 6.07) is 6.51. The number of benzene rings is 1. The molecular weight excluding hydrogens is 304 g/mol. The van der Waals surface area contributed by atoms with E-state index in [1.807, 2.05) is 0 Å². The van der Waals surface area contributed by atoms with Crippen LogP contribution in [0.15, 0.2) is 24.3 Å². The molecule has 0 aromatic heterocycles. The summed E-state index contributed by atoms with van der Waals surface area (Å²) in [5, 5.41) is 0. The average Bonchev–Trinajstić information content (AvgIpc) is 2.57. The van der Waals surface area contributed by atoms with Crippen LogP contribution in [0.25, 0.3) is 0 Å². The van der Waals surface area contributed by atoms with Crippen LogP contribution in [-0.2, 0) is 9.47 Å². The second-order valence-corrected chi connectivity index (χ2v) is 6.44. The Morgan fingerprint density at radius 3 is 2.08 bits per heavy atom. The lowest BCUT2D eigenvalue weighted by atomic mass is 9.96. The first-order valence-electron chi connectivity index (χ1n) is 9.19. The van der Waals surface area contributed by atoms with Crippen molar-refractivity contribution in [3.8, 4) is 0 Å². The quantitative estimate of drug-likeness (QED) is 0.451. The van der Waals surface area contributed by atoms with Crippen molar-refractivity contribution in [2.45, 2.75) is 70.8 Å². The molecule has 132 valence electrons. The minimum atomic E-state index is -0.331. The van der Waals surface area contributed by atoms with Crippen LogP contribution in [0.1, 0.15) is 85.4 Å². The third kappa shape index (κ3) is 5.99.